The average Bonchev–Trinajstić information content (AvgIpc) is 2.85. The zero-order valence-electron chi connectivity index (χ0n) is 11.4. The Kier molecular flexibility index (Phi) is 3.42. The molecule has 1 N–H and O–H groups in total. The molecule has 0 aliphatic carbocycles. The summed E-state index contributed by atoms with van der Waals surface area (Å²) in [6, 6.07) is 14.9. The molecule has 0 bridgehead atoms. The molecule has 0 spiro atoms. The number of benzene rings is 2. The van der Waals surface area contributed by atoms with Crippen molar-refractivity contribution in [1.82, 2.24) is 4.57 Å². The summed E-state index contributed by atoms with van der Waals surface area (Å²) in [5, 5.41) is 4.61. The van der Waals surface area contributed by atoms with Gasteiger partial charge in [0.05, 0.1) is 0 Å². The Morgan fingerprint density at radius 3 is 2.55 bits per heavy atom. The Labute approximate surface area is 117 Å². The van der Waals surface area contributed by atoms with Gasteiger partial charge < -0.3 is 9.88 Å². The Morgan fingerprint density at radius 1 is 1.05 bits per heavy atom. The SMILES string of the molecule is CCn1cc(CNc2ccc(F)cc2)c2ccccc21. The van der Waals surface area contributed by atoms with E-state index in [1.165, 1.54) is 28.6 Å². The average molecular weight is 268 g/mol. The van der Waals surface area contributed by atoms with E-state index in [9.17, 15) is 4.39 Å². The number of para-hydroxylation sites is 1. The monoisotopic (exact) mass is 268 g/mol. The van der Waals surface area contributed by atoms with E-state index >= 15 is 0 Å². The molecule has 0 aliphatic rings. The van der Waals surface area contributed by atoms with E-state index in [2.05, 4.69) is 47.3 Å². The third-order valence-corrected chi connectivity index (χ3v) is 3.54. The summed E-state index contributed by atoms with van der Waals surface area (Å²) in [6.07, 6.45) is 2.18. The van der Waals surface area contributed by atoms with Crippen LogP contribution in [0.1, 0.15) is 12.5 Å². The summed E-state index contributed by atoms with van der Waals surface area (Å²) < 4.78 is 15.1. The first-order chi connectivity index (χ1) is 9.78. The molecule has 20 heavy (non-hydrogen) atoms. The maximum Gasteiger partial charge on any atom is 0.123 e. The summed E-state index contributed by atoms with van der Waals surface area (Å²) in [7, 11) is 0. The van der Waals surface area contributed by atoms with Crippen molar-refractivity contribution in [2.24, 2.45) is 0 Å². The number of anilines is 1. The third kappa shape index (κ3) is 2.39. The highest BCUT2D eigenvalue weighted by Gasteiger charge is 2.06. The van der Waals surface area contributed by atoms with Crippen LogP contribution in [0.3, 0.4) is 0 Å². The number of nitrogens with one attached hydrogen (secondary N) is 1. The molecule has 0 unspecified atom stereocenters. The van der Waals surface area contributed by atoms with E-state index in [0.29, 0.717) is 0 Å². The van der Waals surface area contributed by atoms with E-state index in [-0.39, 0.29) is 5.82 Å². The molecule has 2 aromatic carbocycles. The predicted molar refractivity (Wildman–Crippen MR) is 81.3 cm³/mol. The van der Waals surface area contributed by atoms with Gasteiger partial charge in [0, 0.05) is 35.9 Å². The molecule has 3 aromatic rings. The smallest absolute Gasteiger partial charge is 0.123 e. The van der Waals surface area contributed by atoms with Gasteiger partial charge in [0.1, 0.15) is 5.82 Å². The fraction of sp³-hybridized carbons (Fsp3) is 0.176. The summed E-state index contributed by atoms with van der Waals surface area (Å²) >= 11 is 0. The normalized spacial score (nSPS) is 10.9. The van der Waals surface area contributed by atoms with Crippen LogP contribution >= 0.6 is 0 Å². The molecule has 2 nitrogen and oxygen atoms in total. The zero-order valence-corrected chi connectivity index (χ0v) is 11.4. The van der Waals surface area contributed by atoms with Gasteiger partial charge in [0.25, 0.3) is 0 Å². The van der Waals surface area contributed by atoms with E-state index in [1.54, 1.807) is 12.1 Å². The molecule has 0 radical (unpaired) electrons. The Bertz CT molecular complexity index is 713. The minimum Gasteiger partial charge on any atom is -0.381 e. The van der Waals surface area contributed by atoms with Gasteiger partial charge >= 0.3 is 0 Å². The van der Waals surface area contributed by atoms with Crippen molar-refractivity contribution in [2.45, 2.75) is 20.0 Å². The van der Waals surface area contributed by atoms with Crippen LogP contribution in [-0.2, 0) is 13.1 Å². The standard InChI is InChI=1S/C17H17FN2/c1-2-20-12-13(16-5-3-4-6-17(16)20)11-19-15-9-7-14(18)8-10-15/h3-10,12,19H,2,11H2,1H3. The van der Waals surface area contributed by atoms with Crippen LogP contribution < -0.4 is 5.32 Å². The number of nitrogens with zero attached hydrogens (tertiary/aromatic N) is 1. The number of fused-ring (bicyclic) bond motifs is 1. The van der Waals surface area contributed by atoms with Gasteiger partial charge in [-0.1, -0.05) is 18.2 Å². The first-order valence-electron chi connectivity index (χ1n) is 6.84. The number of rotatable bonds is 4. The molecule has 1 heterocycles. The first kappa shape index (κ1) is 12.7. The van der Waals surface area contributed by atoms with E-state index in [4.69, 9.17) is 0 Å². The lowest BCUT2D eigenvalue weighted by molar-refractivity contribution is 0.628. The molecule has 0 saturated carbocycles. The van der Waals surface area contributed by atoms with Crippen molar-refractivity contribution in [3.63, 3.8) is 0 Å². The first-order valence-corrected chi connectivity index (χ1v) is 6.84. The van der Waals surface area contributed by atoms with E-state index < -0.39 is 0 Å². The maximum atomic E-state index is 12.9. The molecule has 1 aromatic heterocycles. The third-order valence-electron chi connectivity index (χ3n) is 3.54. The van der Waals surface area contributed by atoms with Gasteiger partial charge in [-0.2, -0.15) is 0 Å². The molecule has 3 rings (SSSR count). The minimum atomic E-state index is -0.210. The molecule has 0 amide bonds. The lowest BCUT2D eigenvalue weighted by Crippen LogP contribution is -1.98. The molecular formula is C17H17FN2. The van der Waals surface area contributed by atoms with E-state index in [1.807, 2.05) is 0 Å². The minimum absolute atomic E-state index is 0.210. The van der Waals surface area contributed by atoms with E-state index in [0.717, 1.165) is 18.8 Å². The second-order valence-electron chi connectivity index (χ2n) is 4.82. The summed E-state index contributed by atoms with van der Waals surface area (Å²) in [5.74, 6) is -0.210. The zero-order chi connectivity index (χ0) is 13.9. The van der Waals surface area contributed by atoms with Gasteiger partial charge in [-0.3, -0.25) is 0 Å². The van der Waals surface area contributed by atoms with Crippen LogP contribution in [0.4, 0.5) is 10.1 Å². The Morgan fingerprint density at radius 2 is 1.80 bits per heavy atom. The molecule has 0 aliphatic heterocycles. The fourth-order valence-electron chi connectivity index (χ4n) is 2.49. The lowest BCUT2D eigenvalue weighted by atomic mass is 10.2. The molecule has 0 atom stereocenters. The quantitative estimate of drug-likeness (QED) is 0.741. The number of aromatic nitrogens is 1. The summed E-state index contributed by atoms with van der Waals surface area (Å²) in [6.45, 7) is 3.83. The van der Waals surface area contributed by atoms with Crippen LogP contribution in [-0.4, -0.2) is 4.57 Å². The molecule has 0 fully saturated rings. The maximum absolute atomic E-state index is 12.9. The van der Waals surface area contributed by atoms with Crippen LogP contribution in [0.25, 0.3) is 10.9 Å². The van der Waals surface area contributed by atoms with Gasteiger partial charge in [0.2, 0.25) is 0 Å². The van der Waals surface area contributed by atoms with Crippen LogP contribution in [0.2, 0.25) is 0 Å². The topological polar surface area (TPSA) is 17.0 Å². The van der Waals surface area contributed by atoms with Gasteiger partial charge in [-0.05, 0) is 42.8 Å². The Hall–Kier alpha value is -2.29. The van der Waals surface area contributed by atoms with Crippen LogP contribution in [0.5, 0.6) is 0 Å². The van der Waals surface area contributed by atoms with Crippen molar-refractivity contribution in [3.8, 4) is 0 Å². The fourth-order valence-corrected chi connectivity index (χ4v) is 2.49. The second kappa shape index (κ2) is 5.37. The van der Waals surface area contributed by atoms with Gasteiger partial charge in [-0.15, -0.1) is 0 Å². The van der Waals surface area contributed by atoms with Crippen molar-refractivity contribution < 1.29 is 4.39 Å². The van der Waals surface area contributed by atoms with Gasteiger partial charge in [-0.25, -0.2) is 4.39 Å². The number of halogens is 1. The summed E-state index contributed by atoms with van der Waals surface area (Å²) in [5.41, 5.74) is 3.44. The second-order valence-corrected chi connectivity index (χ2v) is 4.82. The number of aryl methyl sites for hydroxylation is 1. The van der Waals surface area contributed by atoms with Crippen molar-refractivity contribution >= 4 is 16.6 Å². The lowest BCUT2D eigenvalue weighted by Gasteiger charge is -2.05. The van der Waals surface area contributed by atoms with Crippen LogP contribution in [0, 0.1) is 5.82 Å². The van der Waals surface area contributed by atoms with Crippen molar-refractivity contribution in [3.05, 3.63) is 66.1 Å². The highest BCUT2D eigenvalue weighted by atomic mass is 19.1. The van der Waals surface area contributed by atoms with Crippen molar-refractivity contribution in [2.75, 3.05) is 5.32 Å². The molecule has 3 heteroatoms. The highest BCUT2D eigenvalue weighted by Crippen LogP contribution is 2.22. The molecular weight excluding hydrogens is 251 g/mol. The van der Waals surface area contributed by atoms with Crippen molar-refractivity contribution in [1.29, 1.82) is 0 Å². The van der Waals surface area contributed by atoms with Crippen LogP contribution in [0.15, 0.2) is 54.7 Å². The number of hydrogen-bond donors (Lipinski definition) is 1. The number of hydrogen-bond acceptors (Lipinski definition) is 1. The highest BCUT2D eigenvalue weighted by molar-refractivity contribution is 5.84. The Balaban J connectivity index is 1.85. The summed E-state index contributed by atoms with van der Waals surface area (Å²) in [4.78, 5) is 0. The molecule has 0 saturated heterocycles. The predicted octanol–water partition coefficient (Wildman–Crippen LogP) is 4.41. The molecule has 102 valence electrons. The van der Waals surface area contributed by atoms with Gasteiger partial charge in [0.15, 0.2) is 0 Å². The largest absolute Gasteiger partial charge is 0.381 e.